The molecule has 0 rings (SSSR count). The summed E-state index contributed by atoms with van der Waals surface area (Å²) in [6, 6.07) is -1.01. The maximum Gasteiger partial charge on any atom is 0.249 e. The third-order valence-electron chi connectivity index (χ3n) is 13.2. The van der Waals surface area contributed by atoms with Crippen LogP contribution in [-0.4, -0.2) is 57.3 Å². The van der Waals surface area contributed by atoms with Crippen LogP contribution in [0.25, 0.3) is 0 Å². The molecule has 5 N–H and O–H groups in total. The Balaban J connectivity index is 3.63. The third-order valence-corrected chi connectivity index (χ3v) is 13.2. The average molecular weight is 915 g/mol. The first-order valence-corrected chi connectivity index (χ1v) is 28.5. The number of hydrogen-bond acceptors (Lipinski definition) is 5. The summed E-state index contributed by atoms with van der Waals surface area (Å²) in [5.41, 5.74) is 0. The Labute approximate surface area is 404 Å². The first-order valence-electron chi connectivity index (χ1n) is 28.5. The molecule has 0 saturated heterocycles. The zero-order valence-corrected chi connectivity index (χ0v) is 43.2. The Kier molecular flexibility index (Phi) is 51.8. The number of rotatable bonds is 52. The first kappa shape index (κ1) is 63.3. The van der Waals surface area contributed by atoms with E-state index in [-0.39, 0.29) is 0 Å². The van der Waals surface area contributed by atoms with E-state index in [9.17, 15) is 25.2 Å². The molecule has 0 aromatic rings. The molecule has 0 fully saturated rings. The number of aliphatic hydroxyl groups excluding tert-OH is 4. The van der Waals surface area contributed by atoms with Crippen molar-refractivity contribution < 1.29 is 25.2 Å². The van der Waals surface area contributed by atoms with Crippen molar-refractivity contribution >= 4 is 5.91 Å². The molecular weight excluding hydrogens is 803 g/mol. The zero-order valence-electron chi connectivity index (χ0n) is 43.2. The van der Waals surface area contributed by atoms with Gasteiger partial charge in [-0.25, -0.2) is 0 Å². The minimum absolute atomic E-state index is 0.360. The monoisotopic (exact) mass is 914 g/mol. The molecule has 6 heteroatoms. The number of unbranched alkanes of at least 4 members (excludes halogenated alkanes) is 35. The van der Waals surface area contributed by atoms with Crippen LogP contribution in [0.15, 0.2) is 48.6 Å². The number of nitrogens with one attached hydrogen (secondary N) is 1. The van der Waals surface area contributed by atoms with E-state index in [4.69, 9.17) is 0 Å². The van der Waals surface area contributed by atoms with Crippen molar-refractivity contribution in [1.82, 2.24) is 5.32 Å². The topological polar surface area (TPSA) is 110 Å². The Morgan fingerprint density at radius 1 is 0.385 bits per heavy atom. The van der Waals surface area contributed by atoms with Gasteiger partial charge in [-0.3, -0.25) is 4.79 Å². The summed E-state index contributed by atoms with van der Waals surface area (Å²) >= 11 is 0. The molecule has 4 unspecified atom stereocenters. The van der Waals surface area contributed by atoms with Crippen molar-refractivity contribution in [3.05, 3.63) is 48.6 Å². The van der Waals surface area contributed by atoms with Gasteiger partial charge in [0.2, 0.25) is 5.91 Å². The molecule has 1 amide bonds. The van der Waals surface area contributed by atoms with Crippen molar-refractivity contribution in [1.29, 1.82) is 0 Å². The smallest absolute Gasteiger partial charge is 0.249 e. The predicted octanol–water partition coefficient (Wildman–Crippen LogP) is 16.6. The molecular formula is C59H111NO5. The first-order chi connectivity index (χ1) is 32.0. The van der Waals surface area contributed by atoms with Crippen LogP contribution < -0.4 is 5.32 Å². The van der Waals surface area contributed by atoms with Gasteiger partial charge in [0.25, 0.3) is 0 Å². The van der Waals surface area contributed by atoms with Gasteiger partial charge < -0.3 is 25.7 Å². The van der Waals surface area contributed by atoms with E-state index >= 15 is 0 Å². The van der Waals surface area contributed by atoms with Gasteiger partial charge in [-0.05, 0) is 83.5 Å². The Morgan fingerprint density at radius 2 is 0.692 bits per heavy atom. The highest BCUT2D eigenvalue weighted by molar-refractivity contribution is 5.80. The van der Waals surface area contributed by atoms with E-state index in [0.717, 1.165) is 44.9 Å². The van der Waals surface area contributed by atoms with Gasteiger partial charge in [-0.1, -0.05) is 255 Å². The summed E-state index contributed by atoms with van der Waals surface area (Å²) in [6.45, 7) is 4.05. The lowest BCUT2D eigenvalue weighted by Crippen LogP contribution is -2.53. The molecule has 0 radical (unpaired) electrons. The van der Waals surface area contributed by atoms with Crippen molar-refractivity contribution in [2.75, 3.05) is 6.61 Å². The Morgan fingerprint density at radius 3 is 1.06 bits per heavy atom. The number of allylic oxidation sites excluding steroid dienone is 8. The summed E-state index contributed by atoms with van der Waals surface area (Å²) in [5.74, 6) is -0.596. The summed E-state index contributed by atoms with van der Waals surface area (Å²) in [5, 5.41) is 43.9. The molecule has 0 bridgehead atoms. The van der Waals surface area contributed by atoms with E-state index in [1.165, 1.54) is 212 Å². The number of hydrogen-bond donors (Lipinski definition) is 5. The van der Waals surface area contributed by atoms with Crippen LogP contribution in [0.3, 0.4) is 0 Å². The Hall–Kier alpha value is -1.73. The minimum atomic E-state index is -1.29. The summed E-state index contributed by atoms with van der Waals surface area (Å²) in [6.07, 6.45) is 67.6. The normalized spacial score (nSPS) is 14.1. The number of carbonyl (C=O) groups excluding carboxylic acids is 1. The molecule has 0 aliphatic carbocycles. The van der Waals surface area contributed by atoms with Gasteiger partial charge >= 0.3 is 0 Å². The highest BCUT2D eigenvalue weighted by Gasteiger charge is 2.28. The third kappa shape index (κ3) is 47.1. The zero-order chi connectivity index (χ0) is 47.4. The summed E-state index contributed by atoms with van der Waals surface area (Å²) in [4.78, 5) is 12.6. The molecule has 0 aromatic heterocycles. The van der Waals surface area contributed by atoms with Crippen LogP contribution in [-0.2, 0) is 4.79 Å². The van der Waals surface area contributed by atoms with E-state index in [1.807, 2.05) is 0 Å². The average Bonchev–Trinajstić information content (AvgIpc) is 3.31. The van der Waals surface area contributed by atoms with E-state index in [2.05, 4.69) is 67.8 Å². The molecule has 0 aromatic carbocycles. The molecule has 0 saturated carbocycles. The largest absolute Gasteiger partial charge is 0.394 e. The van der Waals surface area contributed by atoms with Gasteiger partial charge in [0.05, 0.1) is 18.8 Å². The minimum Gasteiger partial charge on any atom is -0.394 e. The molecule has 382 valence electrons. The van der Waals surface area contributed by atoms with Crippen molar-refractivity contribution in [3.63, 3.8) is 0 Å². The second-order valence-corrected chi connectivity index (χ2v) is 19.6. The van der Waals surface area contributed by atoms with E-state index in [1.54, 1.807) is 0 Å². The lowest BCUT2D eigenvalue weighted by Gasteiger charge is -2.27. The van der Waals surface area contributed by atoms with Gasteiger partial charge in [-0.2, -0.15) is 0 Å². The second kappa shape index (κ2) is 53.2. The fraction of sp³-hybridized carbons (Fsp3) is 0.847. The summed E-state index contributed by atoms with van der Waals surface area (Å²) < 4.78 is 0. The van der Waals surface area contributed by atoms with Crippen molar-refractivity contribution in [3.8, 4) is 0 Å². The highest BCUT2D eigenvalue weighted by Crippen LogP contribution is 2.17. The molecule has 4 atom stereocenters. The second-order valence-electron chi connectivity index (χ2n) is 19.6. The van der Waals surface area contributed by atoms with Crippen LogP contribution >= 0.6 is 0 Å². The quantitative estimate of drug-likeness (QED) is 0.0308. The molecule has 0 aliphatic rings. The van der Waals surface area contributed by atoms with Crippen LogP contribution in [0.5, 0.6) is 0 Å². The molecule has 6 nitrogen and oxygen atoms in total. The predicted molar refractivity (Wildman–Crippen MR) is 283 cm³/mol. The van der Waals surface area contributed by atoms with Crippen LogP contribution in [0, 0.1) is 0 Å². The summed E-state index contributed by atoms with van der Waals surface area (Å²) in [7, 11) is 0. The maximum atomic E-state index is 12.6. The molecule has 0 spiro atoms. The number of aliphatic hydroxyl groups is 4. The van der Waals surface area contributed by atoms with Crippen LogP contribution in [0.4, 0.5) is 0 Å². The molecule has 0 aliphatic heterocycles. The number of carbonyl (C=O) groups is 1. The van der Waals surface area contributed by atoms with E-state index < -0.39 is 36.9 Å². The fourth-order valence-corrected chi connectivity index (χ4v) is 8.75. The van der Waals surface area contributed by atoms with Crippen LogP contribution in [0.2, 0.25) is 0 Å². The van der Waals surface area contributed by atoms with Gasteiger partial charge in [0.1, 0.15) is 12.2 Å². The Bertz CT molecular complexity index is 1070. The highest BCUT2D eigenvalue weighted by atomic mass is 16.3. The standard InChI is InChI=1S/C59H111NO5/c1-3-5-7-9-11-13-15-17-19-21-22-23-24-25-26-27-28-29-30-31-32-33-34-35-37-39-41-43-45-47-49-51-53-57(63)59(65)60-55(54-61)58(64)56(62)52-50-48-46-44-42-40-38-36-20-18-16-14-12-10-8-6-4-2/h22-23,25-26,36,38,44,46,55-58,61-64H,3-21,24,27-35,37,39-43,45,47-54H2,1-2H3,(H,60,65)/b23-22-,26-25-,38-36+,46-44+. The van der Waals surface area contributed by atoms with Gasteiger partial charge in [-0.15, -0.1) is 0 Å². The SMILES string of the molecule is CCCCCCCCCC/C=C/CC/C=C/CCCC(O)C(O)C(CO)NC(=O)C(O)CCCCCCCCCCCCCCCCCC/C=C\C/C=C\CCCCCCCCCCC. The molecule has 0 heterocycles. The van der Waals surface area contributed by atoms with Crippen LogP contribution in [0.1, 0.15) is 290 Å². The maximum absolute atomic E-state index is 12.6. The van der Waals surface area contributed by atoms with Gasteiger partial charge in [0, 0.05) is 0 Å². The van der Waals surface area contributed by atoms with Crippen molar-refractivity contribution in [2.45, 2.75) is 314 Å². The molecule has 65 heavy (non-hydrogen) atoms. The lowest BCUT2D eigenvalue weighted by atomic mass is 10.00. The lowest BCUT2D eigenvalue weighted by molar-refractivity contribution is -0.132. The van der Waals surface area contributed by atoms with Crippen molar-refractivity contribution in [2.24, 2.45) is 0 Å². The number of amides is 1. The fourth-order valence-electron chi connectivity index (χ4n) is 8.75. The van der Waals surface area contributed by atoms with E-state index in [0.29, 0.717) is 19.3 Å². The van der Waals surface area contributed by atoms with Gasteiger partial charge in [0.15, 0.2) is 0 Å².